The van der Waals surface area contributed by atoms with E-state index >= 15 is 0 Å². The van der Waals surface area contributed by atoms with Gasteiger partial charge in [-0.1, -0.05) is 30.3 Å². The average Bonchev–Trinajstić information content (AvgIpc) is 3.27. The van der Waals surface area contributed by atoms with Crippen LogP contribution < -0.4 is 9.46 Å². The molecule has 1 fully saturated rings. The summed E-state index contributed by atoms with van der Waals surface area (Å²) in [6.07, 6.45) is 0.886. The molecule has 0 aliphatic carbocycles. The zero-order valence-electron chi connectivity index (χ0n) is 18.6. The third-order valence-electron chi connectivity index (χ3n) is 6.48. The van der Waals surface area contributed by atoms with Gasteiger partial charge in [0, 0.05) is 42.7 Å². The topological polar surface area (TPSA) is 82.4 Å². The number of nitrogens with one attached hydrogen (secondary N) is 1. The highest BCUT2D eigenvalue weighted by Crippen LogP contribution is 2.41. The number of nitrogens with zero attached hydrogens (tertiary/aromatic N) is 2. The van der Waals surface area contributed by atoms with Crippen molar-refractivity contribution in [1.29, 1.82) is 5.26 Å². The van der Waals surface area contributed by atoms with Crippen molar-refractivity contribution in [2.24, 2.45) is 5.92 Å². The zero-order valence-corrected chi connectivity index (χ0v) is 20.2. The number of fused-ring (bicyclic) bond motifs is 3. The Bertz CT molecular complexity index is 1290. The number of ether oxygens (including phenoxy) is 1. The van der Waals surface area contributed by atoms with Crippen molar-refractivity contribution in [3.05, 3.63) is 89.5 Å². The lowest BCUT2D eigenvalue weighted by molar-refractivity contribution is 0.213. The van der Waals surface area contributed by atoms with E-state index in [2.05, 4.69) is 15.7 Å². The molecule has 3 aromatic carbocycles. The van der Waals surface area contributed by atoms with E-state index in [0.29, 0.717) is 23.1 Å². The SMILES string of the molecule is Cl.N#Cc1ccc2c(c1)[C@H]1CN(CCc3ccc(NS(=O)(=O)c4ccccc4)cc3)C[C@@H]1CO2. The molecule has 1 saturated heterocycles. The van der Waals surface area contributed by atoms with Gasteiger partial charge in [-0.05, 0) is 54.4 Å². The maximum atomic E-state index is 12.5. The summed E-state index contributed by atoms with van der Waals surface area (Å²) in [4.78, 5) is 2.70. The van der Waals surface area contributed by atoms with Gasteiger partial charge in [0.25, 0.3) is 10.0 Å². The predicted octanol–water partition coefficient (Wildman–Crippen LogP) is 4.43. The van der Waals surface area contributed by atoms with Crippen LogP contribution in [0.3, 0.4) is 0 Å². The molecule has 0 spiro atoms. The highest BCUT2D eigenvalue weighted by Gasteiger charge is 2.38. The summed E-state index contributed by atoms with van der Waals surface area (Å²) in [6, 6.07) is 23.9. The van der Waals surface area contributed by atoms with E-state index in [1.807, 2.05) is 42.5 Å². The van der Waals surface area contributed by atoms with Crippen molar-refractivity contribution in [3.8, 4) is 11.8 Å². The lowest BCUT2D eigenvalue weighted by Crippen LogP contribution is -2.25. The van der Waals surface area contributed by atoms with E-state index in [1.54, 1.807) is 30.3 Å². The van der Waals surface area contributed by atoms with Gasteiger partial charge in [-0.25, -0.2) is 8.42 Å². The summed E-state index contributed by atoms with van der Waals surface area (Å²) in [5, 5.41) is 9.24. The first-order valence-corrected chi connectivity index (χ1v) is 12.6. The Morgan fingerprint density at radius 1 is 1.03 bits per heavy atom. The molecule has 2 atom stereocenters. The van der Waals surface area contributed by atoms with Gasteiger partial charge < -0.3 is 9.64 Å². The molecule has 0 unspecified atom stereocenters. The molecule has 0 amide bonds. The maximum absolute atomic E-state index is 12.5. The molecule has 2 heterocycles. The van der Waals surface area contributed by atoms with Gasteiger partial charge in [0.15, 0.2) is 0 Å². The van der Waals surface area contributed by atoms with Crippen molar-refractivity contribution in [1.82, 2.24) is 4.90 Å². The van der Waals surface area contributed by atoms with Crippen LogP contribution in [0.25, 0.3) is 0 Å². The van der Waals surface area contributed by atoms with E-state index in [0.717, 1.165) is 49.5 Å². The summed E-state index contributed by atoms with van der Waals surface area (Å²) in [5.74, 6) is 1.75. The van der Waals surface area contributed by atoms with E-state index in [-0.39, 0.29) is 17.3 Å². The summed E-state index contributed by atoms with van der Waals surface area (Å²) in [7, 11) is -3.58. The molecule has 0 aromatic heterocycles. The van der Waals surface area contributed by atoms with Crippen LogP contribution in [0.15, 0.2) is 77.7 Å². The number of sulfonamides is 1. The first-order valence-electron chi connectivity index (χ1n) is 11.1. The van der Waals surface area contributed by atoms with Crippen LogP contribution in [-0.4, -0.2) is 39.6 Å². The van der Waals surface area contributed by atoms with Crippen LogP contribution in [0, 0.1) is 17.2 Å². The highest BCUT2D eigenvalue weighted by molar-refractivity contribution is 7.92. The third kappa shape index (κ3) is 5.05. The Hall–Kier alpha value is -3.05. The highest BCUT2D eigenvalue weighted by atomic mass is 35.5. The van der Waals surface area contributed by atoms with E-state index in [1.165, 1.54) is 0 Å². The lowest BCUT2D eigenvalue weighted by atomic mass is 9.86. The van der Waals surface area contributed by atoms with Gasteiger partial charge in [0.2, 0.25) is 0 Å². The fraction of sp³-hybridized carbons (Fsp3) is 0.269. The molecule has 2 aliphatic rings. The second kappa shape index (κ2) is 10.1. The number of benzene rings is 3. The van der Waals surface area contributed by atoms with Crippen molar-refractivity contribution >= 4 is 28.1 Å². The Labute approximate surface area is 206 Å². The first-order chi connectivity index (χ1) is 16.0. The van der Waals surface area contributed by atoms with E-state index < -0.39 is 10.0 Å². The molecule has 3 aromatic rings. The number of nitriles is 1. The quantitative estimate of drug-likeness (QED) is 0.547. The molecule has 6 nitrogen and oxygen atoms in total. The summed E-state index contributed by atoms with van der Waals surface area (Å²) >= 11 is 0. The monoisotopic (exact) mass is 495 g/mol. The molecule has 5 rings (SSSR count). The molecule has 0 radical (unpaired) electrons. The van der Waals surface area contributed by atoms with Crippen molar-refractivity contribution in [2.75, 3.05) is 31.0 Å². The molecular weight excluding hydrogens is 470 g/mol. The van der Waals surface area contributed by atoms with E-state index in [4.69, 9.17) is 4.74 Å². The molecule has 34 heavy (non-hydrogen) atoms. The molecule has 0 bridgehead atoms. The Morgan fingerprint density at radius 2 is 1.79 bits per heavy atom. The van der Waals surface area contributed by atoms with Crippen LogP contribution in [-0.2, 0) is 16.4 Å². The van der Waals surface area contributed by atoms with Crippen LogP contribution in [0.4, 0.5) is 5.69 Å². The van der Waals surface area contributed by atoms with Crippen molar-refractivity contribution in [3.63, 3.8) is 0 Å². The number of rotatable bonds is 6. The van der Waals surface area contributed by atoms with Gasteiger partial charge in [0.1, 0.15) is 5.75 Å². The van der Waals surface area contributed by atoms with Gasteiger partial charge in [-0.3, -0.25) is 4.72 Å². The Morgan fingerprint density at radius 3 is 2.53 bits per heavy atom. The molecule has 2 aliphatic heterocycles. The summed E-state index contributed by atoms with van der Waals surface area (Å²) < 4.78 is 33.6. The standard InChI is InChI=1S/C26H25N3O3S.ClH/c27-15-20-8-11-26-24(14-20)25-17-29(16-21(25)18-32-26)13-12-19-6-9-22(10-7-19)28-33(30,31)23-4-2-1-3-5-23;/h1-11,14,21,25,28H,12-13,16-18H2;1H/t21-,25+;/m1./s1. The van der Waals surface area contributed by atoms with Gasteiger partial charge in [0.05, 0.1) is 23.1 Å². The summed E-state index contributed by atoms with van der Waals surface area (Å²) in [6.45, 7) is 3.59. The number of hydrogen-bond donors (Lipinski definition) is 1. The Kier molecular flexibility index (Phi) is 7.13. The number of halogens is 1. The second-order valence-electron chi connectivity index (χ2n) is 8.67. The van der Waals surface area contributed by atoms with E-state index in [9.17, 15) is 13.7 Å². The normalized spacial score (nSPS) is 19.1. The fourth-order valence-corrected chi connectivity index (χ4v) is 5.82. The fourth-order valence-electron chi connectivity index (χ4n) is 4.74. The maximum Gasteiger partial charge on any atom is 0.261 e. The number of anilines is 1. The zero-order chi connectivity index (χ0) is 22.8. The average molecular weight is 496 g/mol. The minimum atomic E-state index is -3.58. The molecule has 1 N–H and O–H groups in total. The van der Waals surface area contributed by atoms with Crippen LogP contribution in [0.5, 0.6) is 5.75 Å². The van der Waals surface area contributed by atoms with Crippen LogP contribution >= 0.6 is 12.4 Å². The smallest absolute Gasteiger partial charge is 0.261 e. The van der Waals surface area contributed by atoms with Crippen LogP contribution in [0.2, 0.25) is 0 Å². The summed E-state index contributed by atoms with van der Waals surface area (Å²) in [5.41, 5.74) is 3.55. The van der Waals surface area contributed by atoms with Crippen molar-refractivity contribution in [2.45, 2.75) is 17.2 Å². The van der Waals surface area contributed by atoms with Crippen LogP contribution in [0.1, 0.15) is 22.6 Å². The minimum absolute atomic E-state index is 0. The molecule has 0 saturated carbocycles. The number of likely N-dealkylation sites (tertiary alicyclic amines) is 1. The second-order valence-corrected chi connectivity index (χ2v) is 10.3. The van der Waals surface area contributed by atoms with Gasteiger partial charge in [-0.15, -0.1) is 12.4 Å². The van der Waals surface area contributed by atoms with Gasteiger partial charge in [-0.2, -0.15) is 5.26 Å². The third-order valence-corrected chi connectivity index (χ3v) is 7.88. The first kappa shape index (κ1) is 24.1. The van der Waals surface area contributed by atoms with Gasteiger partial charge >= 0.3 is 0 Å². The molecule has 176 valence electrons. The Balaban J connectivity index is 0.00000274. The predicted molar refractivity (Wildman–Crippen MR) is 134 cm³/mol. The lowest BCUT2D eigenvalue weighted by Gasteiger charge is -2.27. The van der Waals surface area contributed by atoms with Crippen molar-refractivity contribution < 1.29 is 13.2 Å². The minimum Gasteiger partial charge on any atom is -0.493 e. The molecule has 8 heteroatoms. The largest absolute Gasteiger partial charge is 0.493 e. The number of hydrogen-bond acceptors (Lipinski definition) is 5. The molecular formula is C26H26ClN3O3S.